The molecule has 0 bridgehead atoms. The summed E-state index contributed by atoms with van der Waals surface area (Å²) in [7, 11) is 0. The highest BCUT2D eigenvalue weighted by Gasteiger charge is 2.26. The lowest BCUT2D eigenvalue weighted by Gasteiger charge is -2.38. The van der Waals surface area contributed by atoms with E-state index < -0.39 is 0 Å². The van der Waals surface area contributed by atoms with Crippen LogP contribution in [0, 0.1) is 6.92 Å². The van der Waals surface area contributed by atoms with Gasteiger partial charge in [0.15, 0.2) is 0 Å². The molecule has 6 nitrogen and oxygen atoms in total. The Kier molecular flexibility index (Phi) is 3.44. The second-order valence-electron chi connectivity index (χ2n) is 4.46. The molecule has 94 valence electrons. The van der Waals surface area contributed by atoms with Crippen molar-refractivity contribution < 1.29 is 4.74 Å². The standard InChI is InChI=1S/C11H19N5O/c1-7-5-17-8(2)4-16(7)11-9(3)10(15-12)13-6-14-11/h6-8H,4-5,12H2,1-3H3,(H,13,14,15). The van der Waals surface area contributed by atoms with Crippen LogP contribution >= 0.6 is 0 Å². The van der Waals surface area contributed by atoms with Crippen molar-refractivity contribution in [1.29, 1.82) is 0 Å². The fourth-order valence-electron chi connectivity index (χ4n) is 2.07. The molecule has 2 rings (SSSR count). The number of anilines is 2. The summed E-state index contributed by atoms with van der Waals surface area (Å²) in [5, 5.41) is 0. The highest BCUT2D eigenvalue weighted by molar-refractivity contribution is 5.58. The van der Waals surface area contributed by atoms with Gasteiger partial charge in [-0.3, -0.25) is 0 Å². The fraction of sp³-hybridized carbons (Fsp3) is 0.636. The SMILES string of the molecule is Cc1c(NN)ncnc1N1CC(C)OCC1C. The topological polar surface area (TPSA) is 76.3 Å². The number of hydrogen-bond donors (Lipinski definition) is 2. The minimum absolute atomic E-state index is 0.217. The summed E-state index contributed by atoms with van der Waals surface area (Å²) in [6.07, 6.45) is 1.75. The molecule has 17 heavy (non-hydrogen) atoms. The Morgan fingerprint density at radius 2 is 2.24 bits per heavy atom. The normalized spacial score (nSPS) is 24.8. The third-order valence-electron chi connectivity index (χ3n) is 3.07. The van der Waals surface area contributed by atoms with Gasteiger partial charge in [0.05, 0.1) is 18.8 Å². The van der Waals surface area contributed by atoms with Crippen LogP contribution in [0.4, 0.5) is 11.6 Å². The van der Waals surface area contributed by atoms with Crippen molar-refractivity contribution in [3.05, 3.63) is 11.9 Å². The Hall–Kier alpha value is -1.40. The second kappa shape index (κ2) is 4.85. The monoisotopic (exact) mass is 237 g/mol. The minimum atomic E-state index is 0.217. The van der Waals surface area contributed by atoms with E-state index in [1.54, 1.807) is 0 Å². The summed E-state index contributed by atoms with van der Waals surface area (Å²) < 4.78 is 5.61. The van der Waals surface area contributed by atoms with Crippen LogP contribution in [-0.4, -0.2) is 35.3 Å². The maximum absolute atomic E-state index is 5.61. The van der Waals surface area contributed by atoms with E-state index in [0.29, 0.717) is 11.9 Å². The Balaban J connectivity index is 2.32. The van der Waals surface area contributed by atoms with Crippen molar-refractivity contribution in [3.8, 4) is 0 Å². The first-order valence-corrected chi connectivity index (χ1v) is 5.80. The molecule has 2 atom stereocenters. The number of nitrogen functional groups attached to an aromatic ring is 1. The second-order valence-corrected chi connectivity index (χ2v) is 4.46. The first kappa shape index (κ1) is 12.1. The average Bonchev–Trinajstić information content (AvgIpc) is 2.33. The molecule has 6 heteroatoms. The molecule has 0 aliphatic carbocycles. The summed E-state index contributed by atoms with van der Waals surface area (Å²) >= 11 is 0. The fourth-order valence-corrected chi connectivity index (χ4v) is 2.07. The van der Waals surface area contributed by atoms with Crippen LogP contribution in [0.25, 0.3) is 0 Å². The Labute approximate surface area is 101 Å². The predicted octanol–water partition coefficient (Wildman–Crippen LogP) is 0.684. The maximum atomic E-state index is 5.61. The Bertz CT molecular complexity index is 397. The third-order valence-corrected chi connectivity index (χ3v) is 3.07. The zero-order chi connectivity index (χ0) is 12.4. The van der Waals surface area contributed by atoms with Crippen LogP contribution < -0.4 is 16.2 Å². The third kappa shape index (κ3) is 2.32. The molecule has 0 radical (unpaired) electrons. The van der Waals surface area contributed by atoms with Gasteiger partial charge in [-0.15, -0.1) is 0 Å². The van der Waals surface area contributed by atoms with Crippen molar-refractivity contribution in [2.45, 2.75) is 32.9 Å². The van der Waals surface area contributed by atoms with Crippen molar-refractivity contribution in [2.75, 3.05) is 23.5 Å². The summed E-state index contributed by atoms with van der Waals surface area (Å²) in [4.78, 5) is 10.7. The van der Waals surface area contributed by atoms with Crippen molar-refractivity contribution in [2.24, 2.45) is 5.84 Å². The van der Waals surface area contributed by atoms with Crippen LogP contribution in [0.15, 0.2) is 6.33 Å². The number of nitrogens with zero attached hydrogens (tertiary/aromatic N) is 3. The molecule has 0 aromatic carbocycles. The highest BCUT2D eigenvalue weighted by atomic mass is 16.5. The number of aromatic nitrogens is 2. The molecule has 1 aromatic rings. The zero-order valence-electron chi connectivity index (χ0n) is 10.5. The van der Waals surface area contributed by atoms with Crippen LogP contribution in [0.1, 0.15) is 19.4 Å². The highest BCUT2D eigenvalue weighted by Crippen LogP contribution is 2.25. The Morgan fingerprint density at radius 3 is 2.94 bits per heavy atom. The van der Waals surface area contributed by atoms with Crippen LogP contribution in [0.5, 0.6) is 0 Å². The summed E-state index contributed by atoms with van der Waals surface area (Å²) in [6.45, 7) is 7.72. The van der Waals surface area contributed by atoms with E-state index >= 15 is 0 Å². The zero-order valence-corrected chi connectivity index (χ0v) is 10.5. The van der Waals surface area contributed by atoms with E-state index in [9.17, 15) is 0 Å². The summed E-state index contributed by atoms with van der Waals surface area (Å²) in [5.41, 5.74) is 3.56. The van der Waals surface area contributed by atoms with Gasteiger partial charge in [0.25, 0.3) is 0 Å². The van der Waals surface area contributed by atoms with Gasteiger partial charge in [0.2, 0.25) is 0 Å². The lowest BCUT2D eigenvalue weighted by Crippen LogP contribution is -2.48. The van der Waals surface area contributed by atoms with Gasteiger partial charge in [-0.05, 0) is 20.8 Å². The molecular weight excluding hydrogens is 218 g/mol. The molecule has 1 fully saturated rings. The van der Waals surface area contributed by atoms with Gasteiger partial charge in [-0.2, -0.15) is 0 Å². The molecule has 1 saturated heterocycles. The molecule has 2 unspecified atom stereocenters. The van der Waals surface area contributed by atoms with Gasteiger partial charge >= 0.3 is 0 Å². The summed E-state index contributed by atoms with van der Waals surface area (Å²) in [5.74, 6) is 7.02. The number of nitrogens with one attached hydrogen (secondary N) is 1. The molecule has 1 aliphatic heterocycles. The van der Waals surface area contributed by atoms with E-state index in [1.807, 2.05) is 6.92 Å². The van der Waals surface area contributed by atoms with Gasteiger partial charge in [-0.25, -0.2) is 15.8 Å². The van der Waals surface area contributed by atoms with Crippen LogP contribution in [-0.2, 0) is 4.74 Å². The predicted molar refractivity (Wildman–Crippen MR) is 66.8 cm³/mol. The number of hydrogen-bond acceptors (Lipinski definition) is 6. The molecule has 1 aliphatic rings. The first-order valence-electron chi connectivity index (χ1n) is 5.80. The molecule has 0 amide bonds. The average molecular weight is 237 g/mol. The van der Waals surface area contributed by atoms with Gasteiger partial charge in [0.1, 0.15) is 18.0 Å². The van der Waals surface area contributed by atoms with E-state index in [4.69, 9.17) is 10.6 Å². The van der Waals surface area contributed by atoms with E-state index in [-0.39, 0.29) is 6.10 Å². The van der Waals surface area contributed by atoms with Crippen molar-refractivity contribution in [1.82, 2.24) is 9.97 Å². The van der Waals surface area contributed by atoms with Crippen LogP contribution in [0.3, 0.4) is 0 Å². The Morgan fingerprint density at radius 1 is 1.47 bits per heavy atom. The van der Waals surface area contributed by atoms with Gasteiger partial charge in [-0.1, -0.05) is 0 Å². The maximum Gasteiger partial charge on any atom is 0.148 e. The van der Waals surface area contributed by atoms with E-state index in [0.717, 1.165) is 24.5 Å². The first-order chi connectivity index (χ1) is 8.13. The van der Waals surface area contributed by atoms with E-state index in [1.165, 1.54) is 6.33 Å². The molecular formula is C11H19N5O. The minimum Gasteiger partial charge on any atom is -0.375 e. The van der Waals surface area contributed by atoms with Crippen molar-refractivity contribution >= 4 is 11.6 Å². The van der Waals surface area contributed by atoms with Crippen molar-refractivity contribution in [3.63, 3.8) is 0 Å². The largest absolute Gasteiger partial charge is 0.375 e. The molecule has 0 saturated carbocycles. The lowest BCUT2D eigenvalue weighted by atomic mass is 10.2. The number of morpholine rings is 1. The smallest absolute Gasteiger partial charge is 0.148 e. The lowest BCUT2D eigenvalue weighted by molar-refractivity contribution is 0.0340. The number of nitrogens with two attached hydrogens (primary N) is 1. The molecule has 2 heterocycles. The quantitative estimate of drug-likeness (QED) is 0.582. The van der Waals surface area contributed by atoms with Crippen LogP contribution in [0.2, 0.25) is 0 Å². The van der Waals surface area contributed by atoms with Gasteiger partial charge in [0, 0.05) is 12.1 Å². The van der Waals surface area contributed by atoms with E-state index in [2.05, 4.69) is 34.1 Å². The number of hydrazine groups is 1. The molecule has 1 aromatic heterocycles. The molecule has 0 spiro atoms. The summed E-state index contributed by atoms with van der Waals surface area (Å²) in [6, 6.07) is 0.311. The number of ether oxygens (including phenoxy) is 1. The molecule has 3 N–H and O–H groups in total. The van der Waals surface area contributed by atoms with Gasteiger partial charge < -0.3 is 15.1 Å². The number of rotatable bonds is 2.